The summed E-state index contributed by atoms with van der Waals surface area (Å²) < 4.78 is 2.06. The van der Waals surface area contributed by atoms with Crippen LogP contribution < -0.4 is 0 Å². The standard InChI is InChI=1S/C10H14N2/c1-4-7-11-9(2)10-6-5-8-12(10)3/h4-8H,1-3H3/b7-4-,11-9?. The van der Waals surface area contributed by atoms with Crippen molar-refractivity contribution in [1.82, 2.24) is 4.57 Å². The van der Waals surface area contributed by atoms with Gasteiger partial charge in [-0.3, -0.25) is 4.99 Å². The Labute approximate surface area is 73.2 Å². The van der Waals surface area contributed by atoms with E-state index in [9.17, 15) is 0 Å². The molecule has 64 valence electrons. The van der Waals surface area contributed by atoms with Gasteiger partial charge in [-0.05, 0) is 26.0 Å². The van der Waals surface area contributed by atoms with E-state index in [4.69, 9.17) is 0 Å². The molecule has 1 heterocycles. The van der Waals surface area contributed by atoms with Crippen LogP contribution in [0.2, 0.25) is 0 Å². The van der Waals surface area contributed by atoms with Gasteiger partial charge in [0.05, 0.1) is 11.4 Å². The van der Waals surface area contributed by atoms with Crippen molar-refractivity contribution in [3.63, 3.8) is 0 Å². The first kappa shape index (κ1) is 8.78. The highest BCUT2D eigenvalue weighted by atomic mass is 14.9. The van der Waals surface area contributed by atoms with Gasteiger partial charge in [0, 0.05) is 19.4 Å². The molecule has 1 aromatic heterocycles. The van der Waals surface area contributed by atoms with Gasteiger partial charge in [-0.25, -0.2) is 0 Å². The van der Waals surface area contributed by atoms with E-state index in [1.54, 1.807) is 0 Å². The number of aromatic nitrogens is 1. The second-order valence-electron chi connectivity index (χ2n) is 2.70. The van der Waals surface area contributed by atoms with E-state index in [0.29, 0.717) is 0 Å². The maximum atomic E-state index is 4.26. The zero-order chi connectivity index (χ0) is 8.97. The fraction of sp³-hybridized carbons (Fsp3) is 0.300. The predicted molar refractivity (Wildman–Crippen MR) is 52.4 cm³/mol. The molecule has 0 spiro atoms. The molecule has 2 nitrogen and oxygen atoms in total. The van der Waals surface area contributed by atoms with Crippen molar-refractivity contribution in [3.8, 4) is 0 Å². The first-order valence-electron chi connectivity index (χ1n) is 4.03. The first-order valence-corrected chi connectivity index (χ1v) is 4.03. The van der Waals surface area contributed by atoms with Gasteiger partial charge in [-0.1, -0.05) is 6.08 Å². The summed E-state index contributed by atoms with van der Waals surface area (Å²) in [5.74, 6) is 0. The lowest BCUT2D eigenvalue weighted by atomic mass is 10.3. The van der Waals surface area contributed by atoms with Gasteiger partial charge in [0.15, 0.2) is 0 Å². The number of nitrogens with zero attached hydrogens (tertiary/aromatic N) is 2. The van der Waals surface area contributed by atoms with E-state index in [2.05, 4.69) is 15.6 Å². The number of hydrogen-bond acceptors (Lipinski definition) is 1. The Balaban J connectivity index is 2.91. The van der Waals surface area contributed by atoms with Gasteiger partial charge in [0.25, 0.3) is 0 Å². The topological polar surface area (TPSA) is 17.3 Å². The van der Waals surface area contributed by atoms with Crippen LogP contribution in [0.1, 0.15) is 19.5 Å². The van der Waals surface area contributed by atoms with Crippen molar-refractivity contribution in [2.24, 2.45) is 12.0 Å². The van der Waals surface area contributed by atoms with Crippen LogP contribution in [0.25, 0.3) is 0 Å². The summed E-state index contributed by atoms with van der Waals surface area (Å²) in [4.78, 5) is 4.26. The maximum absolute atomic E-state index is 4.26. The van der Waals surface area contributed by atoms with Crippen LogP contribution in [0.4, 0.5) is 0 Å². The van der Waals surface area contributed by atoms with Crippen molar-refractivity contribution in [3.05, 3.63) is 36.3 Å². The van der Waals surface area contributed by atoms with Crippen molar-refractivity contribution >= 4 is 5.71 Å². The van der Waals surface area contributed by atoms with Gasteiger partial charge in [0.1, 0.15) is 0 Å². The third-order valence-electron chi connectivity index (χ3n) is 1.73. The molecule has 1 rings (SSSR count). The molecule has 1 aromatic rings. The zero-order valence-corrected chi connectivity index (χ0v) is 7.78. The minimum absolute atomic E-state index is 1.04. The number of allylic oxidation sites excluding steroid dienone is 1. The Hall–Kier alpha value is -1.31. The molecule has 0 aromatic carbocycles. The third kappa shape index (κ3) is 1.84. The van der Waals surface area contributed by atoms with E-state index in [1.807, 2.05) is 45.4 Å². The van der Waals surface area contributed by atoms with Crippen LogP contribution in [-0.4, -0.2) is 10.3 Å². The Morgan fingerprint density at radius 1 is 1.58 bits per heavy atom. The van der Waals surface area contributed by atoms with Crippen LogP contribution in [0, 0.1) is 0 Å². The molecule has 0 bridgehead atoms. The lowest BCUT2D eigenvalue weighted by molar-refractivity contribution is 0.913. The normalized spacial score (nSPS) is 12.8. The maximum Gasteiger partial charge on any atom is 0.0619 e. The number of aliphatic imine (C=N–C) groups is 1. The predicted octanol–water partition coefficient (Wildman–Crippen LogP) is 2.37. The van der Waals surface area contributed by atoms with Crippen LogP contribution in [-0.2, 0) is 7.05 Å². The molecule has 0 radical (unpaired) electrons. The van der Waals surface area contributed by atoms with Crippen molar-refractivity contribution < 1.29 is 0 Å². The minimum Gasteiger partial charge on any atom is -0.350 e. The number of rotatable bonds is 2. The lowest BCUT2D eigenvalue weighted by Gasteiger charge is -1.99. The van der Waals surface area contributed by atoms with Crippen molar-refractivity contribution in [2.45, 2.75) is 13.8 Å². The summed E-state index contributed by atoms with van der Waals surface area (Å²) in [5, 5.41) is 0. The number of aryl methyl sites for hydroxylation is 1. The third-order valence-corrected chi connectivity index (χ3v) is 1.73. The van der Waals surface area contributed by atoms with Crippen LogP contribution >= 0.6 is 0 Å². The molecule has 0 amide bonds. The van der Waals surface area contributed by atoms with Crippen LogP contribution in [0.5, 0.6) is 0 Å². The molecule has 0 N–H and O–H groups in total. The average molecular weight is 162 g/mol. The number of hydrogen-bond donors (Lipinski definition) is 0. The van der Waals surface area contributed by atoms with Crippen molar-refractivity contribution in [1.29, 1.82) is 0 Å². The van der Waals surface area contributed by atoms with E-state index in [1.165, 1.54) is 0 Å². The van der Waals surface area contributed by atoms with E-state index in [-0.39, 0.29) is 0 Å². The van der Waals surface area contributed by atoms with E-state index >= 15 is 0 Å². The first-order chi connectivity index (χ1) is 5.75. The summed E-state index contributed by atoms with van der Waals surface area (Å²) in [6, 6.07) is 4.08. The molecule has 2 heteroatoms. The summed E-state index contributed by atoms with van der Waals surface area (Å²) >= 11 is 0. The molecule has 0 aliphatic rings. The molecular weight excluding hydrogens is 148 g/mol. The summed E-state index contributed by atoms with van der Waals surface area (Å²) in [6.07, 6.45) is 5.75. The fourth-order valence-electron chi connectivity index (χ4n) is 1.09. The van der Waals surface area contributed by atoms with Crippen molar-refractivity contribution in [2.75, 3.05) is 0 Å². The smallest absolute Gasteiger partial charge is 0.0619 e. The Morgan fingerprint density at radius 2 is 2.33 bits per heavy atom. The zero-order valence-electron chi connectivity index (χ0n) is 7.78. The Morgan fingerprint density at radius 3 is 2.83 bits per heavy atom. The monoisotopic (exact) mass is 162 g/mol. The lowest BCUT2D eigenvalue weighted by Crippen LogP contribution is -2.01. The molecule has 0 unspecified atom stereocenters. The van der Waals surface area contributed by atoms with Gasteiger partial charge in [-0.15, -0.1) is 0 Å². The van der Waals surface area contributed by atoms with Crippen LogP contribution in [0.15, 0.2) is 35.6 Å². The highest BCUT2D eigenvalue weighted by Gasteiger charge is 1.98. The average Bonchev–Trinajstić information content (AvgIpc) is 2.47. The molecule has 0 aliphatic heterocycles. The van der Waals surface area contributed by atoms with Crippen LogP contribution in [0.3, 0.4) is 0 Å². The quantitative estimate of drug-likeness (QED) is 0.594. The fourth-order valence-corrected chi connectivity index (χ4v) is 1.09. The van der Waals surface area contributed by atoms with Gasteiger partial charge < -0.3 is 4.57 Å². The molecule has 0 atom stereocenters. The molecule has 0 aliphatic carbocycles. The highest BCUT2D eigenvalue weighted by molar-refractivity contribution is 5.97. The highest BCUT2D eigenvalue weighted by Crippen LogP contribution is 2.01. The van der Waals surface area contributed by atoms with E-state index < -0.39 is 0 Å². The summed E-state index contributed by atoms with van der Waals surface area (Å²) in [6.45, 7) is 3.97. The van der Waals surface area contributed by atoms with Gasteiger partial charge in [-0.2, -0.15) is 0 Å². The SMILES string of the molecule is C/C=C\N=C(C)c1cccn1C. The Kier molecular flexibility index (Phi) is 2.86. The molecule has 12 heavy (non-hydrogen) atoms. The molecule has 0 saturated carbocycles. The largest absolute Gasteiger partial charge is 0.350 e. The minimum atomic E-state index is 1.04. The summed E-state index contributed by atoms with van der Waals surface area (Å²) in [7, 11) is 2.02. The Bertz CT molecular complexity index is 305. The molecular formula is C10H14N2. The second-order valence-corrected chi connectivity index (χ2v) is 2.70. The molecule has 0 fully saturated rings. The van der Waals surface area contributed by atoms with Gasteiger partial charge >= 0.3 is 0 Å². The molecule has 0 saturated heterocycles. The second kappa shape index (κ2) is 3.90. The summed E-state index contributed by atoms with van der Waals surface area (Å²) in [5.41, 5.74) is 2.20. The van der Waals surface area contributed by atoms with Gasteiger partial charge in [0.2, 0.25) is 0 Å². The van der Waals surface area contributed by atoms with E-state index in [0.717, 1.165) is 11.4 Å².